The summed E-state index contributed by atoms with van der Waals surface area (Å²) in [6.45, 7) is 8.33. The molecule has 3 rings (SSSR count). The highest BCUT2D eigenvalue weighted by atomic mass is 32.2. The first-order valence-corrected chi connectivity index (χ1v) is 12.5. The lowest BCUT2D eigenvalue weighted by Gasteiger charge is -2.39. The Hall–Kier alpha value is -2.62. The largest absolute Gasteiger partial charge is 0.495 e. The number of benzene rings is 2. The highest BCUT2D eigenvalue weighted by molar-refractivity contribution is 7.92. The van der Waals surface area contributed by atoms with Crippen molar-refractivity contribution in [3.8, 4) is 5.75 Å². The van der Waals surface area contributed by atoms with Gasteiger partial charge in [-0.25, -0.2) is 8.42 Å². The van der Waals surface area contributed by atoms with Crippen LogP contribution in [0.2, 0.25) is 0 Å². The van der Waals surface area contributed by atoms with Gasteiger partial charge in [-0.1, -0.05) is 12.1 Å². The quantitative estimate of drug-likeness (QED) is 0.632. The van der Waals surface area contributed by atoms with E-state index in [1.807, 2.05) is 0 Å². The molecule has 3 atom stereocenters. The molecule has 0 radical (unpaired) electrons. The molecular weight excluding hydrogens is 442 g/mol. The van der Waals surface area contributed by atoms with Crippen LogP contribution in [0.3, 0.4) is 0 Å². The highest BCUT2D eigenvalue weighted by Crippen LogP contribution is 2.30. The summed E-state index contributed by atoms with van der Waals surface area (Å²) in [7, 11) is -0.846. The van der Waals surface area contributed by atoms with Crippen LogP contribution in [0, 0.1) is 0 Å². The summed E-state index contributed by atoms with van der Waals surface area (Å²) >= 11 is 0. The molecule has 2 aromatic carbocycles. The number of nitrogens with one attached hydrogen (secondary N) is 1. The molecule has 1 N–H and O–H groups in total. The minimum atomic E-state index is -3.81. The molecule has 0 aromatic heterocycles. The first-order valence-electron chi connectivity index (χ1n) is 11.0. The molecule has 8 nitrogen and oxygen atoms in total. The topological polar surface area (TPSA) is 88.2 Å². The van der Waals surface area contributed by atoms with E-state index in [0.717, 1.165) is 13.1 Å². The van der Waals surface area contributed by atoms with Crippen LogP contribution in [-0.2, 0) is 14.8 Å². The van der Waals surface area contributed by atoms with Gasteiger partial charge >= 0.3 is 0 Å². The SMILES string of the molecule is COc1ccccc1N(C)S(=O)(=O)c1ccc(C(=O)NCC(C)N2CC(C)OC(C)C2)cc1. The minimum absolute atomic E-state index is 0.0946. The van der Waals surface area contributed by atoms with Crippen molar-refractivity contribution in [1.29, 1.82) is 0 Å². The van der Waals surface area contributed by atoms with E-state index in [2.05, 4.69) is 31.0 Å². The normalized spacial score (nSPS) is 20.2. The zero-order valence-corrected chi connectivity index (χ0v) is 20.6. The average molecular weight is 476 g/mol. The predicted molar refractivity (Wildman–Crippen MR) is 128 cm³/mol. The third kappa shape index (κ3) is 5.85. The van der Waals surface area contributed by atoms with Gasteiger partial charge in [-0.2, -0.15) is 0 Å². The number of ether oxygens (including phenoxy) is 2. The molecular formula is C24H33N3O5S. The second-order valence-corrected chi connectivity index (χ2v) is 10.4. The van der Waals surface area contributed by atoms with Crippen LogP contribution >= 0.6 is 0 Å². The molecule has 3 unspecified atom stereocenters. The number of rotatable bonds is 8. The van der Waals surface area contributed by atoms with Crippen molar-refractivity contribution in [2.24, 2.45) is 0 Å². The summed E-state index contributed by atoms with van der Waals surface area (Å²) in [4.78, 5) is 15.0. The van der Waals surface area contributed by atoms with Gasteiger partial charge in [0.05, 0.1) is 29.9 Å². The Balaban J connectivity index is 1.65. The molecule has 1 amide bonds. The van der Waals surface area contributed by atoms with Crippen molar-refractivity contribution in [2.75, 3.05) is 38.1 Å². The van der Waals surface area contributed by atoms with Crippen LogP contribution in [0.1, 0.15) is 31.1 Å². The number of morpholine rings is 1. The number of amides is 1. The molecule has 180 valence electrons. The Bertz CT molecular complexity index is 1050. The van der Waals surface area contributed by atoms with E-state index in [1.165, 1.54) is 42.7 Å². The average Bonchev–Trinajstić information content (AvgIpc) is 2.81. The summed E-state index contributed by atoms with van der Waals surface area (Å²) in [5.41, 5.74) is 0.840. The summed E-state index contributed by atoms with van der Waals surface area (Å²) in [5.74, 6) is 0.219. The second-order valence-electron chi connectivity index (χ2n) is 8.44. The van der Waals surface area contributed by atoms with Crippen molar-refractivity contribution in [2.45, 2.75) is 43.9 Å². The van der Waals surface area contributed by atoms with E-state index in [1.54, 1.807) is 24.3 Å². The van der Waals surface area contributed by atoms with E-state index in [9.17, 15) is 13.2 Å². The maximum absolute atomic E-state index is 13.1. The van der Waals surface area contributed by atoms with Gasteiger partial charge < -0.3 is 14.8 Å². The zero-order chi connectivity index (χ0) is 24.2. The Kier molecular flexibility index (Phi) is 7.99. The number of carbonyl (C=O) groups excluding carboxylic acids is 1. The van der Waals surface area contributed by atoms with Crippen LogP contribution in [0.25, 0.3) is 0 Å². The zero-order valence-electron chi connectivity index (χ0n) is 19.8. The van der Waals surface area contributed by atoms with E-state index >= 15 is 0 Å². The van der Waals surface area contributed by atoms with Crippen molar-refractivity contribution >= 4 is 21.6 Å². The molecule has 9 heteroatoms. The van der Waals surface area contributed by atoms with E-state index < -0.39 is 10.0 Å². The number of para-hydroxylation sites is 2. The van der Waals surface area contributed by atoms with Gasteiger partial charge in [-0.3, -0.25) is 14.0 Å². The van der Waals surface area contributed by atoms with Crippen molar-refractivity contribution in [3.05, 3.63) is 54.1 Å². The van der Waals surface area contributed by atoms with Gasteiger partial charge in [0.1, 0.15) is 5.75 Å². The number of hydrogen-bond acceptors (Lipinski definition) is 6. The maximum Gasteiger partial charge on any atom is 0.264 e. The Morgan fingerprint density at radius 3 is 2.36 bits per heavy atom. The van der Waals surface area contributed by atoms with Crippen molar-refractivity contribution in [3.63, 3.8) is 0 Å². The molecule has 1 aliphatic heterocycles. The molecule has 0 saturated carbocycles. The fourth-order valence-corrected chi connectivity index (χ4v) is 5.21. The fourth-order valence-electron chi connectivity index (χ4n) is 4.00. The molecule has 33 heavy (non-hydrogen) atoms. The van der Waals surface area contributed by atoms with Gasteiger partial charge in [0.25, 0.3) is 15.9 Å². The third-order valence-electron chi connectivity index (χ3n) is 5.83. The van der Waals surface area contributed by atoms with Crippen LogP contribution in [0.4, 0.5) is 5.69 Å². The molecule has 1 saturated heterocycles. The molecule has 1 heterocycles. The lowest BCUT2D eigenvalue weighted by atomic mass is 10.1. The smallest absolute Gasteiger partial charge is 0.264 e. The van der Waals surface area contributed by atoms with Crippen LogP contribution in [0.5, 0.6) is 5.75 Å². The van der Waals surface area contributed by atoms with Gasteiger partial charge in [-0.05, 0) is 57.2 Å². The summed E-state index contributed by atoms with van der Waals surface area (Å²) in [5, 5.41) is 2.95. The van der Waals surface area contributed by atoms with Gasteiger partial charge in [0.2, 0.25) is 0 Å². The van der Waals surface area contributed by atoms with E-state index in [4.69, 9.17) is 9.47 Å². The first kappa shape index (κ1) is 25.0. The number of nitrogens with zero attached hydrogens (tertiary/aromatic N) is 2. The van der Waals surface area contributed by atoms with Crippen LogP contribution in [-0.4, -0.2) is 71.3 Å². The molecule has 0 bridgehead atoms. The predicted octanol–water partition coefficient (Wildman–Crippen LogP) is 2.75. The number of carbonyl (C=O) groups is 1. The number of sulfonamides is 1. The summed E-state index contributed by atoms with van der Waals surface area (Å²) in [6.07, 6.45) is 0.325. The Morgan fingerprint density at radius 2 is 1.76 bits per heavy atom. The Morgan fingerprint density at radius 1 is 1.15 bits per heavy atom. The van der Waals surface area contributed by atoms with Crippen molar-refractivity contribution < 1.29 is 22.7 Å². The number of anilines is 1. The van der Waals surface area contributed by atoms with Crippen LogP contribution < -0.4 is 14.4 Å². The van der Waals surface area contributed by atoms with Crippen molar-refractivity contribution in [1.82, 2.24) is 10.2 Å². The summed E-state index contributed by atoms with van der Waals surface area (Å²) in [6, 6.07) is 13.0. The van der Waals surface area contributed by atoms with Gasteiger partial charge in [0, 0.05) is 38.3 Å². The Labute approximate surface area is 196 Å². The minimum Gasteiger partial charge on any atom is -0.495 e. The lowest BCUT2D eigenvalue weighted by Crippen LogP contribution is -2.52. The highest BCUT2D eigenvalue weighted by Gasteiger charge is 2.26. The third-order valence-corrected chi connectivity index (χ3v) is 7.61. The molecule has 2 aromatic rings. The first-order chi connectivity index (χ1) is 15.6. The maximum atomic E-state index is 13.1. The van der Waals surface area contributed by atoms with Crippen LogP contribution in [0.15, 0.2) is 53.4 Å². The summed E-state index contributed by atoms with van der Waals surface area (Å²) < 4.78 is 38.4. The molecule has 0 aliphatic carbocycles. The lowest BCUT2D eigenvalue weighted by molar-refractivity contribution is -0.0778. The van der Waals surface area contributed by atoms with Gasteiger partial charge in [-0.15, -0.1) is 0 Å². The van der Waals surface area contributed by atoms with Gasteiger partial charge in [0.15, 0.2) is 0 Å². The van der Waals surface area contributed by atoms with E-state index in [0.29, 0.717) is 23.5 Å². The number of methoxy groups -OCH3 is 1. The standard InChI is InChI=1S/C24H33N3O5S/c1-17(27-15-18(2)32-19(3)16-27)14-25-24(28)20-10-12-21(13-11-20)33(29,30)26(4)22-8-6-7-9-23(22)31-5/h6-13,17-19H,14-16H2,1-5H3,(H,25,28). The molecule has 1 fully saturated rings. The number of hydrogen-bond donors (Lipinski definition) is 1. The monoisotopic (exact) mass is 475 g/mol. The second kappa shape index (κ2) is 10.5. The molecule has 1 aliphatic rings. The fraction of sp³-hybridized carbons (Fsp3) is 0.458. The molecule has 0 spiro atoms. The van der Waals surface area contributed by atoms with E-state index in [-0.39, 0.29) is 29.1 Å².